The fourth-order valence-corrected chi connectivity index (χ4v) is 3.27. The van der Waals surface area contributed by atoms with E-state index >= 15 is 0 Å². The third-order valence-corrected chi connectivity index (χ3v) is 4.47. The Kier molecular flexibility index (Phi) is 6.86. The summed E-state index contributed by atoms with van der Waals surface area (Å²) in [7, 11) is 2.19. The molecule has 0 saturated carbocycles. The molecular formula is C17H25N3S. The maximum Gasteiger partial charge on any atom is 0.0325 e. The highest BCUT2D eigenvalue weighted by molar-refractivity contribution is 7.11. The van der Waals surface area contributed by atoms with Crippen LogP contribution in [0, 0.1) is 0 Å². The molecule has 0 amide bonds. The van der Waals surface area contributed by atoms with Crippen molar-refractivity contribution in [3.63, 3.8) is 0 Å². The van der Waals surface area contributed by atoms with Crippen molar-refractivity contribution in [1.29, 1.82) is 0 Å². The average Bonchev–Trinajstić information content (AvgIpc) is 2.94. The largest absolute Gasteiger partial charge is 0.312 e. The Bertz CT molecular complexity index is 510. The monoisotopic (exact) mass is 303 g/mol. The van der Waals surface area contributed by atoms with E-state index in [1.807, 2.05) is 23.7 Å². The maximum atomic E-state index is 4.06. The number of likely N-dealkylation sites (N-methyl/N-ethyl adjacent to an activating group) is 1. The normalized spacial score (nSPS) is 11.2. The minimum Gasteiger partial charge on any atom is -0.312 e. The first-order valence-electron chi connectivity index (χ1n) is 7.63. The molecule has 1 N–H and O–H groups in total. The van der Waals surface area contributed by atoms with Crippen LogP contribution in [0.1, 0.15) is 28.7 Å². The topological polar surface area (TPSA) is 28.2 Å². The number of rotatable bonds is 9. The van der Waals surface area contributed by atoms with Crippen LogP contribution < -0.4 is 5.32 Å². The van der Waals surface area contributed by atoms with Gasteiger partial charge in [0.15, 0.2) is 0 Å². The first-order valence-corrected chi connectivity index (χ1v) is 8.45. The number of nitrogens with zero attached hydrogens (tertiary/aromatic N) is 2. The third-order valence-electron chi connectivity index (χ3n) is 3.40. The number of pyridine rings is 1. The Morgan fingerprint density at radius 1 is 1.14 bits per heavy atom. The summed E-state index contributed by atoms with van der Waals surface area (Å²) in [5, 5.41) is 3.46. The molecule has 0 unspecified atom stereocenters. The Labute approximate surface area is 132 Å². The molecule has 2 rings (SSSR count). The summed E-state index contributed by atoms with van der Waals surface area (Å²) in [6.07, 6.45) is 6.00. The van der Waals surface area contributed by atoms with Gasteiger partial charge in [0.05, 0.1) is 0 Å². The number of nitrogens with one attached hydrogen (secondary N) is 1. The Morgan fingerprint density at radius 2 is 1.90 bits per heavy atom. The smallest absolute Gasteiger partial charge is 0.0325 e. The summed E-state index contributed by atoms with van der Waals surface area (Å²) in [6.45, 7) is 6.40. The average molecular weight is 303 g/mol. The van der Waals surface area contributed by atoms with E-state index in [9.17, 15) is 0 Å². The van der Waals surface area contributed by atoms with Gasteiger partial charge in [0.25, 0.3) is 0 Å². The molecule has 0 aliphatic heterocycles. The standard InChI is InChI=1S/C17H25N3S/c1-3-9-19-13-16-4-5-17(21-16)14-20(2)12-8-15-6-10-18-11-7-15/h4-7,10-11,19H,3,8-9,12-14H2,1-2H3. The number of hydrogen-bond donors (Lipinski definition) is 1. The molecule has 0 aromatic carbocycles. The van der Waals surface area contributed by atoms with E-state index in [1.165, 1.54) is 21.7 Å². The zero-order chi connectivity index (χ0) is 14.9. The molecule has 2 aromatic heterocycles. The molecule has 114 valence electrons. The molecule has 0 fully saturated rings. The van der Waals surface area contributed by atoms with E-state index in [2.05, 4.69) is 53.4 Å². The lowest BCUT2D eigenvalue weighted by Crippen LogP contribution is -2.20. The Morgan fingerprint density at radius 3 is 2.67 bits per heavy atom. The van der Waals surface area contributed by atoms with E-state index in [-0.39, 0.29) is 0 Å². The highest BCUT2D eigenvalue weighted by Gasteiger charge is 2.04. The molecule has 3 nitrogen and oxygen atoms in total. The Hall–Kier alpha value is -1.23. The zero-order valence-corrected chi connectivity index (χ0v) is 13.8. The molecule has 0 radical (unpaired) electrons. The fraction of sp³-hybridized carbons (Fsp3) is 0.471. The van der Waals surface area contributed by atoms with Crippen LogP contribution in [0.2, 0.25) is 0 Å². The van der Waals surface area contributed by atoms with Gasteiger partial charge < -0.3 is 10.2 Å². The van der Waals surface area contributed by atoms with Gasteiger partial charge in [0.1, 0.15) is 0 Å². The van der Waals surface area contributed by atoms with Crippen LogP contribution >= 0.6 is 11.3 Å². The molecule has 2 heterocycles. The van der Waals surface area contributed by atoms with Crippen LogP contribution in [-0.4, -0.2) is 30.0 Å². The quantitative estimate of drug-likeness (QED) is 0.720. The molecule has 2 aromatic rings. The second kappa shape index (κ2) is 8.93. The number of hydrogen-bond acceptors (Lipinski definition) is 4. The van der Waals surface area contributed by atoms with Gasteiger partial charge in [-0.3, -0.25) is 4.98 Å². The Balaban J connectivity index is 1.73. The molecular weight excluding hydrogens is 278 g/mol. The summed E-state index contributed by atoms with van der Waals surface area (Å²) in [5.41, 5.74) is 1.35. The van der Waals surface area contributed by atoms with Gasteiger partial charge in [0, 0.05) is 41.8 Å². The molecule has 0 atom stereocenters. The van der Waals surface area contributed by atoms with Crippen molar-refractivity contribution < 1.29 is 0 Å². The van der Waals surface area contributed by atoms with Crippen LogP contribution in [0.15, 0.2) is 36.7 Å². The van der Waals surface area contributed by atoms with Gasteiger partial charge in [-0.05, 0) is 56.3 Å². The van der Waals surface area contributed by atoms with Crippen molar-refractivity contribution in [1.82, 2.24) is 15.2 Å². The maximum absolute atomic E-state index is 4.06. The number of aromatic nitrogens is 1. The predicted molar refractivity (Wildman–Crippen MR) is 90.6 cm³/mol. The number of thiophene rings is 1. The van der Waals surface area contributed by atoms with E-state index in [1.54, 1.807) is 0 Å². The summed E-state index contributed by atoms with van der Waals surface area (Å²) >= 11 is 1.92. The lowest BCUT2D eigenvalue weighted by molar-refractivity contribution is 0.334. The second-order valence-electron chi connectivity index (χ2n) is 5.39. The van der Waals surface area contributed by atoms with Crippen molar-refractivity contribution in [2.24, 2.45) is 0 Å². The van der Waals surface area contributed by atoms with Gasteiger partial charge in [-0.25, -0.2) is 0 Å². The van der Waals surface area contributed by atoms with Gasteiger partial charge in [0.2, 0.25) is 0 Å². The molecule has 0 aliphatic rings. The second-order valence-corrected chi connectivity index (χ2v) is 6.64. The first-order chi connectivity index (χ1) is 10.3. The highest BCUT2D eigenvalue weighted by Crippen LogP contribution is 2.18. The summed E-state index contributed by atoms with van der Waals surface area (Å²) in [5.74, 6) is 0. The van der Waals surface area contributed by atoms with E-state index in [0.717, 1.165) is 32.6 Å². The molecule has 21 heavy (non-hydrogen) atoms. The predicted octanol–water partition coefficient (Wildman–Crippen LogP) is 3.32. The van der Waals surface area contributed by atoms with Gasteiger partial charge in [-0.15, -0.1) is 11.3 Å². The van der Waals surface area contributed by atoms with Crippen molar-refractivity contribution in [2.45, 2.75) is 32.9 Å². The minimum atomic E-state index is 0.999. The molecule has 0 saturated heterocycles. The zero-order valence-electron chi connectivity index (χ0n) is 13.0. The first kappa shape index (κ1) is 16.1. The van der Waals surface area contributed by atoms with Gasteiger partial charge >= 0.3 is 0 Å². The van der Waals surface area contributed by atoms with Crippen molar-refractivity contribution in [3.8, 4) is 0 Å². The minimum absolute atomic E-state index is 0.999. The SMILES string of the molecule is CCCNCc1ccc(CN(C)CCc2ccncc2)s1. The van der Waals surface area contributed by atoms with Crippen molar-refractivity contribution >= 4 is 11.3 Å². The lowest BCUT2D eigenvalue weighted by atomic mass is 10.2. The van der Waals surface area contributed by atoms with Crippen LogP contribution in [0.25, 0.3) is 0 Å². The molecule has 0 aliphatic carbocycles. The summed E-state index contributed by atoms with van der Waals surface area (Å²) in [4.78, 5) is 9.32. The molecule has 4 heteroatoms. The fourth-order valence-electron chi connectivity index (χ4n) is 2.21. The summed E-state index contributed by atoms with van der Waals surface area (Å²) in [6, 6.07) is 8.70. The van der Waals surface area contributed by atoms with E-state index in [4.69, 9.17) is 0 Å². The summed E-state index contributed by atoms with van der Waals surface area (Å²) < 4.78 is 0. The third kappa shape index (κ3) is 5.96. The van der Waals surface area contributed by atoms with Crippen LogP contribution in [-0.2, 0) is 19.5 Å². The van der Waals surface area contributed by atoms with Crippen LogP contribution in [0.4, 0.5) is 0 Å². The van der Waals surface area contributed by atoms with Crippen molar-refractivity contribution in [2.75, 3.05) is 20.1 Å². The van der Waals surface area contributed by atoms with E-state index < -0.39 is 0 Å². The highest BCUT2D eigenvalue weighted by atomic mass is 32.1. The van der Waals surface area contributed by atoms with E-state index in [0.29, 0.717) is 0 Å². The van der Waals surface area contributed by atoms with Gasteiger partial charge in [-0.1, -0.05) is 6.92 Å². The molecule has 0 spiro atoms. The van der Waals surface area contributed by atoms with Crippen molar-refractivity contribution in [3.05, 3.63) is 52.0 Å². The van der Waals surface area contributed by atoms with Crippen LogP contribution in [0.5, 0.6) is 0 Å². The lowest BCUT2D eigenvalue weighted by Gasteiger charge is -2.15. The molecule has 0 bridgehead atoms. The van der Waals surface area contributed by atoms with Crippen LogP contribution in [0.3, 0.4) is 0 Å². The van der Waals surface area contributed by atoms with Gasteiger partial charge in [-0.2, -0.15) is 0 Å².